The van der Waals surface area contributed by atoms with Crippen molar-refractivity contribution in [2.45, 2.75) is 79.4 Å². The Morgan fingerprint density at radius 2 is 1.24 bits per heavy atom. The molecule has 2 aliphatic heterocycles. The fourth-order valence-corrected chi connectivity index (χ4v) is 9.88. The highest BCUT2D eigenvalue weighted by Crippen LogP contribution is 2.43. The van der Waals surface area contributed by atoms with Crippen LogP contribution in [0.15, 0.2) is 119 Å². The lowest BCUT2D eigenvalue weighted by atomic mass is 9.84. The molecule has 2 aliphatic rings. The predicted octanol–water partition coefficient (Wildman–Crippen LogP) is 9.25. The van der Waals surface area contributed by atoms with Crippen LogP contribution in [0.25, 0.3) is 11.4 Å². The quantitative estimate of drug-likeness (QED) is 0.104. The van der Waals surface area contributed by atoms with E-state index in [0.29, 0.717) is 52.1 Å². The highest BCUT2D eigenvalue weighted by atomic mass is 35.5. The van der Waals surface area contributed by atoms with Crippen molar-refractivity contribution in [1.29, 1.82) is 0 Å². The van der Waals surface area contributed by atoms with Crippen molar-refractivity contribution >= 4 is 46.4 Å². The first kappa shape index (κ1) is 52.8. The summed E-state index contributed by atoms with van der Waals surface area (Å²) in [6.07, 6.45) is 1.55. The molecule has 2 atom stereocenters. The molecule has 16 nitrogen and oxygen atoms in total. The number of hydrogen-bond donors (Lipinski definition) is 1. The third-order valence-electron chi connectivity index (χ3n) is 13.1. The summed E-state index contributed by atoms with van der Waals surface area (Å²) in [5.41, 5.74) is 4.37. The zero-order valence-corrected chi connectivity index (χ0v) is 43.0. The number of aryl methyl sites for hydroxylation is 1. The van der Waals surface area contributed by atoms with E-state index in [4.69, 9.17) is 32.7 Å². The van der Waals surface area contributed by atoms with E-state index in [9.17, 15) is 24.3 Å². The number of anilines is 2. The Morgan fingerprint density at radius 3 is 1.76 bits per heavy atom. The van der Waals surface area contributed by atoms with Gasteiger partial charge >= 0.3 is 11.4 Å². The van der Waals surface area contributed by atoms with E-state index in [-0.39, 0.29) is 83.2 Å². The number of aliphatic hydroxyl groups excluding tert-OH is 1. The summed E-state index contributed by atoms with van der Waals surface area (Å²) in [7, 11) is 1.43. The van der Waals surface area contributed by atoms with Gasteiger partial charge in [-0.2, -0.15) is 9.36 Å². The molecule has 20 heteroatoms. The number of fused-ring (bicyclic) bond motifs is 2. The molecule has 0 saturated carbocycles. The van der Waals surface area contributed by atoms with E-state index in [1.165, 1.54) is 39.3 Å². The van der Waals surface area contributed by atoms with Gasteiger partial charge in [-0.25, -0.2) is 23.4 Å². The molecule has 5 heterocycles. The van der Waals surface area contributed by atoms with Crippen LogP contribution < -0.4 is 25.9 Å². The number of carbonyl (C=O) groups is 2. The van der Waals surface area contributed by atoms with E-state index in [1.54, 1.807) is 49.2 Å². The minimum atomic E-state index is -0.804. The van der Waals surface area contributed by atoms with Crippen LogP contribution in [-0.4, -0.2) is 70.8 Å². The van der Waals surface area contributed by atoms with Gasteiger partial charge in [0.25, 0.3) is 11.8 Å². The summed E-state index contributed by atoms with van der Waals surface area (Å²) >= 11 is 12.9. The number of aliphatic hydroxyl groups is 1. The number of methoxy groups -OCH3 is 1. The van der Waals surface area contributed by atoms with Crippen LogP contribution in [-0.2, 0) is 37.6 Å². The lowest BCUT2D eigenvalue weighted by molar-refractivity contribution is 0.0970. The monoisotopic (exact) mass is 1050 g/mol. The van der Waals surface area contributed by atoms with E-state index in [1.807, 2.05) is 51.1 Å². The molecular formula is C54H53Cl2F2N9O7. The van der Waals surface area contributed by atoms with Gasteiger partial charge in [0.15, 0.2) is 11.6 Å². The van der Waals surface area contributed by atoms with Crippen molar-refractivity contribution in [3.8, 4) is 17.3 Å². The summed E-state index contributed by atoms with van der Waals surface area (Å²) in [5, 5.41) is 18.7. The molecular weight excluding hydrogens is 996 g/mol. The van der Waals surface area contributed by atoms with Crippen LogP contribution in [0.2, 0.25) is 10.0 Å². The van der Waals surface area contributed by atoms with Crippen LogP contribution in [0.3, 0.4) is 0 Å². The van der Waals surface area contributed by atoms with Crippen molar-refractivity contribution in [2.24, 2.45) is 0 Å². The van der Waals surface area contributed by atoms with Gasteiger partial charge in [-0.1, -0.05) is 90.0 Å². The van der Waals surface area contributed by atoms with Crippen LogP contribution >= 0.6 is 23.2 Å². The molecule has 7 aromatic rings. The van der Waals surface area contributed by atoms with Gasteiger partial charge in [-0.15, -0.1) is 10.2 Å². The van der Waals surface area contributed by atoms with Crippen molar-refractivity contribution < 1.29 is 33.0 Å². The summed E-state index contributed by atoms with van der Waals surface area (Å²) in [6.45, 7) is 18.2. The summed E-state index contributed by atoms with van der Waals surface area (Å²) in [6, 6.07) is 22.0. The number of para-hydroxylation sites is 1. The fraction of sp³-hybridized carbons (Fsp3) is 0.278. The third-order valence-corrected chi connectivity index (χ3v) is 13.7. The molecule has 0 spiro atoms. The highest BCUT2D eigenvalue weighted by molar-refractivity contribution is 6.35. The normalized spacial score (nSPS) is 15.1. The first-order chi connectivity index (χ1) is 35.4. The molecule has 9 rings (SSSR count). The third kappa shape index (κ3) is 9.85. The largest absolute Gasteiger partial charge is 0.480 e. The molecule has 0 fully saturated rings. The molecule has 74 heavy (non-hydrogen) atoms. The van der Waals surface area contributed by atoms with Crippen LogP contribution in [0.4, 0.5) is 20.2 Å². The van der Waals surface area contributed by atoms with Gasteiger partial charge in [0, 0.05) is 55.3 Å². The first-order valence-electron chi connectivity index (χ1n) is 23.6. The fourth-order valence-electron chi connectivity index (χ4n) is 9.26. The number of rotatable bonds is 14. The number of amides is 2. The second-order valence-corrected chi connectivity index (χ2v) is 18.6. The number of nitrogens with zero attached hydrogens (tertiary/aromatic N) is 9. The van der Waals surface area contributed by atoms with Gasteiger partial charge in [-0.05, 0) is 93.3 Å². The number of carbonyl (C=O) groups excluding carboxylic acids is 2. The molecule has 4 aromatic carbocycles. The highest BCUT2D eigenvalue weighted by Gasteiger charge is 2.38. The number of aromatic nitrogens is 7. The molecule has 0 saturated heterocycles. The second-order valence-electron chi connectivity index (χ2n) is 17.8. The molecule has 3 aromatic heterocycles. The summed E-state index contributed by atoms with van der Waals surface area (Å²) < 4.78 is 46.7. The van der Waals surface area contributed by atoms with Crippen molar-refractivity contribution in [1.82, 2.24) is 33.7 Å². The maximum absolute atomic E-state index is 15.6. The zero-order chi connectivity index (χ0) is 53.3. The van der Waals surface area contributed by atoms with E-state index in [2.05, 4.69) is 28.3 Å². The standard InChI is InChI=1S/C30H28ClFN4O3.C24H25ClFN5O4/c1-4-34-28(18-39-17-20-10-6-5-7-11-20)33-36(30(34)38)27-15-21-22(14-25(27)32)29(37)35(16-23(21)19(2)3)26-13-9-8-12-24(26)31;1-6-29-19(11-32)28-31(24(29)34)18-8-14-15(7-17(18)26)23(33)30(10-16(14)12(2)3)21-13(4)9-27-22(35-5)20(21)25/h5-15,23H,2,4,16-18H2,1,3H3;7-9,16,32H,2,6,10-11H2,1,3-5H3/t;16-/m.0/s1. The number of benzene rings is 4. The van der Waals surface area contributed by atoms with Gasteiger partial charge < -0.3 is 24.4 Å². The van der Waals surface area contributed by atoms with Gasteiger partial charge in [0.05, 0.1) is 30.1 Å². The van der Waals surface area contributed by atoms with Gasteiger partial charge in [0.2, 0.25) is 5.88 Å². The van der Waals surface area contributed by atoms with Crippen LogP contribution in [0.1, 0.15) is 94.1 Å². The minimum Gasteiger partial charge on any atom is -0.480 e. The Balaban J connectivity index is 0.000000198. The molecule has 384 valence electrons. The Labute approximate surface area is 434 Å². The van der Waals surface area contributed by atoms with E-state index >= 15 is 8.78 Å². The van der Waals surface area contributed by atoms with Gasteiger partial charge in [-0.3, -0.25) is 18.7 Å². The number of pyridine rings is 1. The Hall–Kier alpha value is -7.51. The summed E-state index contributed by atoms with van der Waals surface area (Å²) in [5.74, 6) is -2.37. The topological polar surface area (TPSA) is 172 Å². The molecule has 0 aliphatic carbocycles. The Kier molecular flexibility index (Phi) is 15.6. The Bertz CT molecular complexity index is 3480. The Morgan fingerprint density at radius 1 is 0.730 bits per heavy atom. The average molecular weight is 1050 g/mol. The SMILES string of the molecule is C=C(C)C1CN(c2ccccc2Cl)C(=O)c2cc(F)c(-n3nc(COCc4ccccc4)n(CC)c3=O)cc21.C=C(C)[C@@H]1CN(c2c(C)cnc(OC)c2Cl)C(=O)c2cc(F)c(-n3nc(CO)n(CC)c3=O)cc21. The summed E-state index contributed by atoms with van der Waals surface area (Å²) in [4.78, 5) is 60.3. The maximum atomic E-state index is 15.6. The lowest BCUT2D eigenvalue weighted by Crippen LogP contribution is -2.41. The minimum absolute atomic E-state index is 0.0273. The van der Waals surface area contributed by atoms with E-state index < -0.39 is 35.5 Å². The lowest BCUT2D eigenvalue weighted by Gasteiger charge is -2.36. The van der Waals surface area contributed by atoms with Gasteiger partial charge in [0.1, 0.15) is 41.2 Å². The zero-order valence-electron chi connectivity index (χ0n) is 41.5. The smallest absolute Gasteiger partial charge is 0.350 e. The first-order valence-corrected chi connectivity index (χ1v) is 24.4. The maximum Gasteiger partial charge on any atom is 0.350 e. The van der Waals surface area contributed by atoms with E-state index in [0.717, 1.165) is 32.1 Å². The van der Waals surface area contributed by atoms with Crippen LogP contribution in [0.5, 0.6) is 5.88 Å². The van der Waals surface area contributed by atoms with Crippen molar-refractivity contribution in [3.05, 3.63) is 197 Å². The van der Waals surface area contributed by atoms with Crippen molar-refractivity contribution in [3.63, 3.8) is 0 Å². The molecule has 2 amide bonds. The second kappa shape index (κ2) is 21.9. The number of ether oxygens (including phenoxy) is 2. The molecule has 1 unspecified atom stereocenters. The molecule has 0 radical (unpaired) electrons. The van der Waals surface area contributed by atoms with Crippen molar-refractivity contribution in [2.75, 3.05) is 30.0 Å². The number of hydrogen-bond acceptors (Lipinski definition) is 10. The van der Waals surface area contributed by atoms with Crippen LogP contribution in [0, 0.1) is 18.6 Å². The number of halogens is 4. The molecule has 0 bridgehead atoms. The predicted molar refractivity (Wildman–Crippen MR) is 278 cm³/mol. The molecule has 1 N–H and O–H groups in total. The average Bonchev–Trinajstić information content (AvgIpc) is 3.89.